The van der Waals surface area contributed by atoms with Crippen LogP contribution in [0.3, 0.4) is 0 Å². The first kappa shape index (κ1) is 60.1. The lowest BCUT2D eigenvalue weighted by Crippen LogP contribution is -2.28. The van der Waals surface area contributed by atoms with Crippen molar-refractivity contribution in [1.29, 1.82) is 0 Å². The molecule has 1 unspecified atom stereocenters. The van der Waals surface area contributed by atoms with Gasteiger partial charge in [0.2, 0.25) is 0 Å². The van der Waals surface area contributed by atoms with Crippen molar-refractivity contribution in [2.45, 2.75) is 302 Å². The Morgan fingerprint density at radius 2 is 0.694 bits per heavy atom. The van der Waals surface area contributed by atoms with E-state index < -0.39 is 6.10 Å². The number of hydrogen-bond acceptors (Lipinski definition) is 5. The lowest BCUT2D eigenvalue weighted by molar-refractivity contribution is -0.161. The second kappa shape index (κ2) is 53.5. The lowest BCUT2D eigenvalue weighted by Gasteiger charge is -2.15. The van der Waals surface area contributed by atoms with Crippen molar-refractivity contribution in [3.8, 4) is 0 Å². The van der Waals surface area contributed by atoms with Gasteiger partial charge in [-0.1, -0.05) is 275 Å². The number of rotatable bonds is 51. The smallest absolute Gasteiger partial charge is 0.306 e. The first-order valence-corrected chi connectivity index (χ1v) is 27.5. The van der Waals surface area contributed by atoms with Crippen molar-refractivity contribution in [3.63, 3.8) is 0 Å². The predicted molar refractivity (Wildman–Crippen MR) is 270 cm³/mol. The van der Waals surface area contributed by atoms with Crippen molar-refractivity contribution in [1.82, 2.24) is 0 Å². The summed E-state index contributed by atoms with van der Waals surface area (Å²) in [5.41, 5.74) is 0. The summed E-state index contributed by atoms with van der Waals surface area (Å²) >= 11 is 0. The third kappa shape index (κ3) is 50.8. The highest BCUT2D eigenvalue weighted by Gasteiger charge is 2.16. The summed E-state index contributed by atoms with van der Waals surface area (Å²) in [6.45, 7) is 4.03. The Labute approximate surface area is 386 Å². The van der Waals surface area contributed by atoms with Crippen molar-refractivity contribution < 1.29 is 24.2 Å². The average molecular weight is 871 g/mol. The summed E-state index contributed by atoms with van der Waals surface area (Å²) in [6, 6.07) is 0. The van der Waals surface area contributed by atoms with E-state index in [0.29, 0.717) is 12.8 Å². The van der Waals surface area contributed by atoms with Gasteiger partial charge < -0.3 is 14.6 Å². The molecule has 0 radical (unpaired) electrons. The molecule has 0 aliphatic rings. The van der Waals surface area contributed by atoms with Crippen LogP contribution in [0.2, 0.25) is 0 Å². The van der Waals surface area contributed by atoms with Crippen LogP contribution in [0.4, 0.5) is 0 Å². The van der Waals surface area contributed by atoms with Crippen LogP contribution in [0, 0.1) is 0 Å². The van der Waals surface area contributed by atoms with Crippen LogP contribution in [0.15, 0.2) is 36.5 Å². The van der Waals surface area contributed by atoms with E-state index in [0.717, 1.165) is 64.2 Å². The molecule has 5 nitrogen and oxygen atoms in total. The Hall–Kier alpha value is -1.88. The Bertz CT molecular complexity index is 986. The number of carbonyl (C=O) groups is 2. The van der Waals surface area contributed by atoms with Gasteiger partial charge in [-0.2, -0.15) is 0 Å². The Morgan fingerprint density at radius 3 is 1.05 bits per heavy atom. The van der Waals surface area contributed by atoms with Crippen molar-refractivity contribution >= 4 is 11.9 Å². The molecule has 0 spiro atoms. The van der Waals surface area contributed by atoms with Gasteiger partial charge in [0.15, 0.2) is 6.10 Å². The van der Waals surface area contributed by atoms with Gasteiger partial charge in [-0.3, -0.25) is 9.59 Å². The molecule has 0 rings (SSSR count). The normalized spacial score (nSPS) is 12.4. The van der Waals surface area contributed by atoms with Gasteiger partial charge in [0.1, 0.15) is 6.61 Å². The topological polar surface area (TPSA) is 72.8 Å². The molecule has 5 heteroatoms. The number of esters is 2. The maximum Gasteiger partial charge on any atom is 0.306 e. The molecule has 0 heterocycles. The predicted octanol–water partition coefficient (Wildman–Crippen LogP) is 18.3. The highest BCUT2D eigenvalue weighted by Crippen LogP contribution is 2.18. The van der Waals surface area contributed by atoms with Crippen LogP contribution in [0.1, 0.15) is 296 Å². The van der Waals surface area contributed by atoms with Gasteiger partial charge in [-0.05, 0) is 44.9 Å². The number of carbonyl (C=O) groups excluding carboxylic acids is 2. The molecule has 0 saturated heterocycles. The fourth-order valence-corrected chi connectivity index (χ4v) is 8.34. The van der Waals surface area contributed by atoms with E-state index in [1.165, 1.54) is 205 Å². The molecule has 0 saturated carbocycles. The summed E-state index contributed by atoms with van der Waals surface area (Å²) in [7, 11) is 0. The minimum Gasteiger partial charge on any atom is -0.462 e. The van der Waals surface area contributed by atoms with Gasteiger partial charge in [0.05, 0.1) is 6.61 Å². The van der Waals surface area contributed by atoms with E-state index in [9.17, 15) is 14.7 Å². The summed E-state index contributed by atoms with van der Waals surface area (Å²) in [4.78, 5) is 24.4. The standard InChI is InChI=1S/C57H106O5/c1-3-5-7-9-11-13-15-17-18-19-20-21-22-23-24-25-26-27-28-29-30-31-32-33-34-35-36-37-38-40-41-43-45-47-49-51-56(59)61-54-55(53-58)62-57(60)52-50-48-46-44-42-39-16-14-12-10-8-6-4-2/h6,8,12,14,39,42,55,58H,3-5,7,9-11,13,15-38,40-41,43-54H2,1-2H3/b8-6-,14-12-,42-39-. The third-order valence-corrected chi connectivity index (χ3v) is 12.4. The van der Waals surface area contributed by atoms with E-state index >= 15 is 0 Å². The van der Waals surface area contributed by atoms with Gasteiger partial charge in [-0.15, -0.1) is 0 Å². The summed E-state index contributed by atoms with van der Waals surface area (Å²) in [5.74, 6) is -0.614. The Balaban J connectivity index is 3.36. The quantitative estimate of drug-likeness (QED) is 0.0374. The molecule has 0 amide bonds. The molecule has 0 aromatic carbocycles. The second-order valence-corrected chi connectivity index (χ2v) is 18.6. The lowest BCUT2D eigenvalue weighted by atomic mass is 10.0. The summed E-state index contributed by atoms with van der Waals surface area (Å²) in [6.07, 6.45) is 68.7. The number of hydrogen-bond donors (Lipinski definition) is 1. The van der Waals surface area contributed by atoms with E-state index in [2.05, 4.69) is 50.3 Å². The molecule has 0 bridgehead atoms. The monoisotopic (exact) mass is 871 g/mol. The summed E-state index contributed by atoms with van der Waals surface area (Å²) in [5, 5.41) is 9.59. The van der Waals surface area contributed by atoms with Crippen LogP contribution >= 0.6 is 0 Å². The zero-order chi connectivity index (χ0) is 44.9. The third-order valence-electron chi connectivity index (χ3n) is 12.4. The van der Waals surface area contributed by atoms with Gasteiger partial charge in [0, 0.05) is 12.8 Å². The maximum absolute atomic E-state index is 12.2. The summed E-state index contributed by atoms with van der Waals surface area (Å²) < 4.78 is 10.6. The largest absolute Gasteiger partial charge is 0.462 e. The molecule has 0 aliphatic heterocycles. The zero-order valence-corrected chi connectivity index (χ0v) is 41.6. The molecular weight excluding hydrogens is 765 g/mol. The molecule has 1 atom stereocenters. The van der Waals surface area contributed by atoms with Crippen LogP contribution in [0.25, 0.3) is 0 Å². The van der Waals surface area contributed by atoms with Crippen LogP contribution in [0.5, 0.6) is 0 Å². The molecule has 0 aliphatic carbocycles. The number of allylic oxidation sites excluding steroid dienone is 6. The minimum absolute atomic E-state index is 0.0745. The van der Waals surface area contributed by atoms with Crippen molar-refractivity contribution in [3.05, 3.63) is 36.5 Å². The fourth-order valence-electron chi connectivity index (χ4n) is 8.34. The number of unbranched alkanes of at least 4 members (excludes halogenated alkanes) is 37. The first-order chi connectivity index (χ1) is 30.6. The van der Waals surface area contributed by atoms with E-state index in [-0.39, 0.29) is 25.2 Å². The van der Waals surface area contributed by atoms with Crippen LogP contribution in [-0.4, -0.2) is 36.4 Å². The Kier molecular flexibility index (Phi) is 51.8. The van der Waals surface area contributed by atoms with E-state index in [4.69, 9.17) is 9.47 Å². The second-order valence-electron chi connectivity index (χ2n) is 18.6. The zero-order valence-electron chi connectivity index (χ0n) is 41.6. The number of aliphatic hydroxyl groups is 1. The molecular formula is C57H106O5. The minimum atomic E-state index is -0.784. The number of aliphatic hydroxyl groups excluding tert-OH is 1. The highest BCUT2D eigenvalue weighted by molar-refractivity contribution is 5.70. The first-order valence-electron chi connectivity index (χ1n) is 27.5. The molecule has 1 N–H and O–H groups in total. The van der Waals surface area contributed by atoms with E-state index in [1.54, 1.807) is 0 Å². The maximum atomic E-state index is 12.2. The van der Waals surface area contributed by atoms with Crippen LogP contribution < -0.4 is 0 Å². The molecule has 364 valence electrons. The van der Waals surface area contributed by atoms with Gasteiger partial charge in [0.25, 0.3) is 0 Å². The molecule has 0 fully saturated rings. The van der Waals surface area contributed by atoms with Gasteiger partial charge in [-0.25, -0.2) is 0 Å². The number of ether oxygens (including phenoxy) is 2. The van der Waals surface area contributed by atoms with Crippen molar-refractivity contribution in [2.24, 2.45) is 0 Å². The SMILES string of the molecule is CC/C=C\C/C=C\C/C=C\CCCCCC(=O)OC(CO)COC(=O)CCCCCCCCCCCCCCCCCCCCCCCCCCCCCCCCCCCCC. The van der Waals surface area contributed by atoms with E-state index in [1.807, 2.05) is 0 Å². The molecule has 62 heavy (non-hydrogen) atoms. The molecule has 0 aromatic rings. The average Bonchev–Trinajstić information content (AvgIpc) is 3.28. The Morgan fingerprint density at radius 1 is 0.387 bits per heavy atom. The van der Waals surface area contributed by atoms with Crippen molar-refractivity contribution in [2.75, 3.05) is 13.2 Å². The highest BCUT2D eigenvalue weighted by atomic mass is 16.6. The molecule has 0 aromatic heterocycles. The fraction of sp³-hybridized carbons (Fsp3) is 0.860. The van der Waals surface area contributed by atoms with Gasteiger partial charge >= 0.3 is 11.9 Å². The van der Waals surface area contributed by atoms with Crippen LogP contribution in [-0.2, 0) is 19.1 Å².